The molecule has 0 radical (unpaired) electrons. The first kappa shape index (κ1) is 18.5. The van der Waals surface area contributed by atoms with Crippen LogP contribution in [0.15, 0.2) is 35.7 Å². The number of likely N-dealkylation sites (tertiary alicyclic amines) is 1. The minimum atomic E-state index is -0.142. The largest absolute Gasteiger partial charge is 0.376 e. The van der Waals surface area contributed by atoms with Gasteiger partial charge in [0, 0.05) is 41.6 Å². The highest BCUT2D eigenvalue weighted by atomic mass is 32.1. The summed E-state index contributed by atoms with van der Waals surface area (Å²) in [4.78, 5) is 20.0. The van der Waals surface area contributed by atoms with Crippen molar-refractivity contribution in [3.8, 4) is 0 Å². The molecule has 6 nitrogen and oxygen atoms in total. The fourth-order valence-electron chi connectivity index (χ4n) is 4.56. The van der Waals surface area contributed by atoms with Gasteiger partial charge in [0.1, 0.15) is 0 Å². The van der Waals surface area contributed by atoms with E-state index in [1.807, 2.05) is 17.9 Å². The summed E-state index contributed by atoms with van der Waals surface area (Å²) in [6.07, 6.45) is 2.50. The van der Waals surface area contributed by atoms with Crippen LogP contribution in [0.3, 0.4) is 0 Å². The van der Waals surface area contributed by atoms with Crippen molar-refractivity contribution in [2.75, 3.05) is 19.7 Å². The molecule has 5 rings (SSSR count). The average molecular weight is 409 g/mol. The van der Waals surface area contributed by atoms with Crippen molar-refractivity contribution in [2.24, 2.45) is 0 Å². The number of carbonyl (C=O) groups is 1. The summed E-state index contributed by atoms with van der Waals surface area (Å²) in [6, 6.07) is 10.6. The van der Waals surface area contributed by atoms with Crippen molar-refractivity contribution in [1.82, 2.24) is 20.1 Å². The molecule has 2 aliphatic rings. The number of H-pyrrole nitrogens is 1. The molecule has 2 aromatic heterocycles. The number of aromatic nitrogens is 3. The summed E-state index contributed by atoms with van der Waals surface area (Å²) in [7, 11) is 0. The highest BCUT2D eigenvalue weighted by Crippen LogP contribution is 2.42. The standard InChI is InChI=1S/C22H24N4O2S/c1-15-23-19(14-29-15)22(16-5-3-2-4-6-16)8-10-26(11-9-22)21(27)20-17-13-28-12-7-18(17)24-25-20/h2-6,14H,7-13H2,1H3,(H,24,25). The Morgan fingerprint density at radius 2 is 2.03 bits per heavy atom. The molecular formula is C22H24N4O2S. The number of benzene rings is 1. The molecular weight excluding hydrogens is 384 g/mol. The van der Waals surface area contributed by atoms with E-state index < -0.39 is 0 Å². The van der Waals surface area contributed by atoms with Gasteiger partial charge in [0.2, 0.25) is 0 Å². The Hall–Kier alpha value is -2.51. The number of thiazole rings is 1. The van der Waals surface area contributed by atoms with E-state index in [0.717, 1.165) is 41.2 Å². The van der Waals surface area contributed by atoms with Crippen molar-refractivity contribution < 1.29 is 9.53 Å². The number of nitrogens with one attached hydrogen (secondary N) is 1. The van der Waals surface area contributed by atoms with Crippen LogP contribution < -0.4 is 0 Å². The third-order valence-electron chi connectivity index (χ3n) is 6.24. The van der Waals surface area contributed by atoms with Gasteiger partial charge in [-0.1, -0.05) is 30.3 Å². The third kappa shape index (κ3) is 3.18. The molecule has 29 heavy (non-hydrogen) atoms. The highest BCUT2D eigenvalue weighted by molar-refractivity contribution is 7.09. The lowest BCUT2D eigenvalue weighted by molar-refractivity contribution is 0.0666. The van der Waals surface area contributed by atoms with Crippen LogP contribution >= 0.6 is 11.3 Å². The van der Waals surface area contributed by atoms with E-state index >= 15 is 0 Å². The number of hydrogen-bond donors (Lipinski definition) is 1. The van der Waals surface area contributed by atoms with Crippen molar-refractivity contribution in [3.63, 3.8) is 0 Å². The zero-order valence-electron chi connectivity index (χ0n) is 16.5. The quantitative estimate of drug-likeness (QED) is 0.720. The van der Waals surface area contributed by atoms with E-state index in [2.05, 4.69) is 39.8 Å². The maximum absolute atomic E-state index is 13.2. The Morgan fingerprint density at radius 1 is 1.24 bits per heavy atom. The number of carbonyl (C=O) groups excluding carboxylic acids is 1. The fraction of sp³-hybridized carbons (Fsp3) is 0.409. The molecule has 3 aromatic rings. The van der Waals surface area contributed by atoms with Crippen LogP contribution in [0.5, 0.6) is 0 Å². The first-order chi connectivity index (χ1) is 14.2. The first-order valence-electron chi connectivity index (χ1n) is 10.1. The molecule has 1 N–H and O–H groups in total. The zero-order valence-corrected chi connectivity index (χ0v) is 17.3. The summed E-state index contributed by atoms with van der Waals surface area (Å²) in [6.45, 7) is 4.57. The summed E-state index contributed by atoms with van der Waals surface area (Å²) in [5.41, 5.74) is 4.75. The van der Waals surface area contributed by atoms with Crippen LogP contribution in [-0.4, -0.2) is 45.7 Å². The number of amides is 1. The molecule has 1 fully saturated rings. The van der Waals surface area contributed by atoms with E-state index in [9.17, 15) is 4.79 Å². The molecule has 1 aromatic carbocycles. The van der Waals surface area contributed by atoms with Gasteiger partial charge in [-0.2, -0.15) is 5.10 Å². The van der Waals surface area contributed by atoms with Gasteiger partial charge in [-0.3, -0.25) is 9.89 Å². The number of nitrogens with zero attached hydrogens (tertiary/aromatic N) is 3. The SMILES string of the molecule is Cc1nc(C2(c3ccccc3)CCN(C(=O)c3n[nH]c4c3COCC4)CC2)cs1. The molecule has 1 amide bonds. The van der Waals surface area contributed by atoms with E-state index in [0.29, 0.717) is 32.0 Å². The molecule has 150 valence electrons. The summed E-state index contributed by atoms with van der Waals surface area (Å²) in [5.74, 6) is 0.00381. The van der Waals surface area contributed by atoms with Crippen LogP contribution in [0, 0.1) is 6.92 Å². The molecule has 0 spiro atoms. The summed E-state index contributed by atoms with van der Waals surface area (Å²) in [5, 5.41) is 10.6. The topological polar surface area (TPSA) is 71.1 Å². The second-order valence-corrected chi connectivity index (χ2v) is 8.89. The smallest absolute Gasteiger partial charge is 0.274 e. The van der Waals surface area contributed by atoms with Gasteiger partial charge in [-0.25, -0.2) is 4.98 Å². The lowest BCUT2D eigenvalue weighted by Crippen LogP contribution is -2.46. The van der Waals surface area contributed by atoms with E-state index in [4.69, 9.17) is 9.72 Å². The number of hydrogen-bond acceptors (Lipinski definition) is 5. The van der Waals surface area contributed by atoms with Gasteiger partial charge in [0.25, 0.3) is 5.91 Å². The van der Waals surface area contributed by atoms with E-state index in [1.54, 1.807) is 11.3 Å². The van der Waals surface area contributed by atoms with Crippen LogP contribution in [-0.2, 0) is 23.2 Å². The second kappa shape index (κ2) is 7.39. The maximum Gasteiger partial charge on any atom is 0.274 e. The minimum absolute atomic E-state index is 0.00381. The second-order valence-electron chi connectivity index (χ2n) is 7.82. The number of rotatable bonds is 3. The van der Waals surface area contributed by atoms with Gasteiger partial charge in [0.05, 0.1) is 23.9 Å². The Balaban J connectivity index is 1.41. The molecule has 4 heterocycles. The van der Waals surface area contributed by atoms with Crippen molar-refractivity contribution in [2.45, 2.75) is 38.2 Å². The van der Waals surface area contributed by atoms with Gasteiger partial charge >= 0.3 is 0 Å². The van der Waals surface area contributed by atoms with Crippen molar-refractivity contribution >= 4 is 17.2 Å². The van der Waals surface area contributed by atoms with Gasteiger partial charge < -0.3 is 9.64 Å². The van der Waals surface area contributed by atoms with Crippen molar-refractivity contribution in [3.05, 3.63) is 68.9 Å². The number of ether oxygens (including phenoxy) is 1. The predicted octanol–water partition coefficient (Wildman–Crippen LogP) is 3.47. The van der Waals surface area contributed by atoms with E-state index in [-0.39, 0.29) is 11.3 Å². The van der Waals surface area contributed by atoms with Crippen LogP contribution in [0.4, 0.5) is 0 Å². The maximum atomic E-state index is 13.2. The van der Waals surface area contributed by atoms with Crippen molar-refractivity contribution in [1.29, 1.82) is 0 Å². The highest BCUT2D eigenvalue weighted by Gasteiger charge is 2.41. The predicted molar refractivity (Wildman–Crippen MR) is 111 cm³/mol. The molecule has 0 unspecified atom stereocenters. The van der Waals surface area contributed by atoms with Crippen LogP contribution in [0.1, 0.15) is 50.9 Å². The Bertz CT molecular complexity index is 1020. The molecule has 2 aliphatic heterocycles. The Kier molecular flexibility index (Phi) is 4.72. The fourth-order valence-corrected chi connectivity index (χ4v) is 5.27. The number of aromatic amines is 1. The van der Waals surface area contributed by atoms with Gasteiger partial charge in [0.15, 0.2) is 5.69 Å². The summed E-state index contributed by atoms with van der Waals surface area (Å²) >= 11 is 1.69. The Morgan fingerprint density at radius 3 is 2.76 bits per heavy atom. The average Bonchev–Trinajstić information content (AvgIpc) is 3.40. The lowest BCUT2D eigenvalue weighted by atomic mass is 9.70. The molecule has 0 bridgehead atoms. The molecule has 1 saturated heterocycles. The normalized spacial score (nSPS) is 18.4. The molecule has 0 aliphatic carbocycles. The van der Waals surface area contributed by atoms with Gasteiger partial charge in [-0.15, -0.1) is 11.3 Å². The Labute approximate surface area is 173 Å². The lowest BCUT2D eigenvalue weighted by Gasteiger charge is -2.41. The monoisotopic (exact) mass is 408 g/mol. The molecule has 0 atom stereocenters. The zero-order chi connectivity index (χ0) is 19.8. The summed E-state index contributed by atoms with van der Waals surface area (Å²) < 4.78 is 5.55. The number of fused-ring (bicyclic) bond motifs is 1. The third-order valence-corrected chi connectivity index (χ3v) is 7.01. The van der Waals surface area contributed by atoms with Crippen LogP contribution in [0.25, 0.3) is 0 Å². The van der Waals surface area contributed by atoms with Crippen LogP contribution in [0.2, 0.25) is 0 Å². The number of piperidine rings is 1. The van der Waals surface area contributed by atoms with Gasteiger partial charge in [-0.05, 0) is 25.3 Å². The minimum Gasteiger partial charge on any atom is -0.376 e. The molecule has 7 heteroatoms. The number of aryl methyl sites for hydroxylation is 1. The molecule has 0 saturated carbocycles. The van der Waals surface area contributed by atoms with E-state index in [1.165, 1.54) is 5.56 Å². The first-order valence-corrected chi connectivity index (χ1v) is 11.0.